The van der Waals surface area contributed by atoms with E-state index in [0.29, 0.717) is 0 Å². The van der Waals surface area contributed by atoms with Gasteiger partial charge in [-0.05, 0) is 25.0 Å². The third kappa shape index (κ3) is 5.74. The molecule has 0 fully saturated rings. The first-order chi connectivity index (χ1) is 11.0. The van der Waals surface area contributed by atoms with Crippen molar-refractivity contribution in [3.8, 4) is 0 Å². The molecule has 2 atom stereocenters. The second-order valence-corrected chi connectivity index (χ2v) is 5.93. The van der Waals surface area contributed by atoms with Gasteiger partial charge in [-0.2, -0.15) is 8.42 Å². The van der Waals surface area contributed by atoms with Crippen LogP contribution in [0.5, 0.6) is 0 Å². The van der Waals surface area contributed by atoms with Crippen molar-refractivity contribution in [3.63, 3.8) is 0 Å². The zero-order chi connectivity index (χ0) is 16.7. The van der Waals surface area contributed by atoms with E-state index >= 15 is 0 Å². The van der Waals surface area contributed by atoms with E-state index in [1.807, 2.05) is 36.4 Å². The molecule has 0 saturated heterocycles. The molecule has 6 nitrogen and oxygen atoms in total. The maximum atomic E-state index is 11.6. The Morgan fingerprint density at radius 3 is 1.39 bits per heavy atom. The van der Waals surface area contributed by atoms with E-state index in [-0.39, 0.29) is 0 Å². The molecule has 23 heavy (non-hydrogen) atoms. The smallest absolute Gasteiger partial charge is 0.210 e. The monoisotopic (exact) mass is 338 g/mol. The van der Waals surface area contributed by atoms with Crippen LogP contribution in [-0.4, -0.2) is 8.42 Å². The lowest BCUT2D eigenvalue weighted by atomic mass is 10.1. The topological polar surface area (TPSA) is 71.1 Å². The van der Waals surface area contributed by atoms with E-state index in [1.54, 1.807) is 38.1 Å². The van der Waals surface area contributed by atoms with Gasteiger partial charge < -0.3 is 0 Å². The van der Waals surface area contributed by atoms with Crippen molar-refractivity contribution < 1.29 is 26.9 Å². The quantitative estimate of drug-likeness (QED) is 0.540. The first kappa shape index (κ1) is 17.6. The fourth-order valence-corrected chi connectivity index (χ4v) is 2.24. The van der Waals surface area contributed by atoms with Gasteiger partial charge in [0.1, 0.15) is 12.2 Å². The number of rotatable bonds is 8. The molecule has 0 aromatic heterocycles. The maximum Gasteiger partial charge on any atom is 0.453 e. The van der Waals surface area contributed by atoms with Gasteiger partial charge in [0.2, 0.25) is 0 Å². The van der Waals surface area contributed by atoms with Gasteiger partial charge in [0.25, 0.3) is 0 Å². The van der Waals surface area contributed by atoms with E-state index in [0.717, 1.165) is 11.1 Å². The molecular weight excluding hydrogens is 320 g/mol. The Labute approximate surface area is 135 Å². The molecule has 0 spiro atoms. The molecule has 0 heterocycles. The molecule has 2 aromatic carbocycles. The Kier molecular flexibility index (Phi) is 6.26. The van der Waals surface area contributed by atoms with Crippen molar-refractivity contribution in [2.24, 2.45) is 0 Å². The van der Waals surface area contributed by atoms with Gasteiger partial charge in [-0.1, -0.05) is 69.3 Å². The summed E-state index contributed by atoms with van der Waals surface area (Å²) < 4.78 is 31.9. The SMILES string of the molecule is CC(OOS(=O)(=O)OOC(C)c1ccccc1)c1ccccc1. The number of hydrogen-bond acceptors (Lipinski definition) is 6. The molecule has 0 amide bonds. The van der Waals surface area contributed by atoms with Crippen molar-refractivity contribution >= 4 is 10.4 Å². The van der Waals surface area contributed by atoms with E-state index in [1.165, 1.54) is 0 Å². The average Bonchev–Trinajstić information content (AvgIpc) is 2.59. The fraction of sp³-hybridized carbons (Fsp3) is 0.250. The third-order valence-electron chi connectivity index (χ3n) is 3.07. The number of hydrogen-bond donors (Lipinski definition) is 0. The van der Waals surface area contributed by atoms with Crippen LogP contribution in [0.25, 0.3) is 0 Å². The van der Waals surface area contributed by atoms with Gasteiger partial charge in [-0.25, -0.2) is 9.78 Å². The maximum absolute atomic E-state index is 11.6. The van der Waals surface area contributed by atoms with E-state index in [4.69, 9.17) is 9.78 Å². The van der Waals surface area contributed by atoms with Gasteiger partial charge in [-0.15, -0.1) is 0 Å². The largest absolute Gasteiger partial charge is 0.453 e. The Hall–Kier alpha value is -1.77. The van der Waals surface area contributed by atoms with Crippen LogP contribution in [0, 0.1) is 0 Å². The molecule has 0 radical (unpaired) electrons. The Balaban J connectivity index is 1.83. The van der Waals surface area contributed by atoms with Crippen LogP contribution in [-0.2, 0) is 28.8 Å². The first-order valence-electron chi connectivity index (χ1n) is 7.02. The highest BCUT2D eigenvalue weighted by molar-refractivity contribution is 7.81. The minimum absolute atomic E-state index is 0.582. The highest BCUT2D eigenvalue weighted by atomic mass is 32.3. The molecule has 124 valence electrons. The van der Waals surface area contributed by atoms with E-state index in [9.17, 15) is 8.42 Å². The Morgan fingerprint density at radius 1 is 0.696 bits per heavy atom. The third-order valence-corrected chi connectivity index (χ3v) is 3.56. The summed E-state index contributed by atoms with van der Waals surface area (Å²) in [6.07, 6.45) is -1.16. The predicted molar refractivity (Wildman–Crippen MR) is 83.0 cm³/mol. The van der Waals surface area contributed by atoms with Crippen LogP contribution in [0.4, 0.5) is 0 Å². The number of benzene rings is 2. The lowest BCUT2D eigenvalue weighted by Crippen LogP contribution is -2.14. The van der Waals surface area contributed by atoms with Crippen molar-refractivity contribution in [1.29, 1.82) is 0 Å². The molecule has 7 heteroatoms. The summed E-state index contributed by atoms with van der Waals surface area (Å²) in [5, 5.41) is 0. The molecule has 0 saturated carbocycles. The van der Waals surface area contributed by atoms with Gasteiger partial charge in [-0.3, -0.25) is 0 Å². The summed E-state index contributed by atoms with van der Waals surface area (Å²) in [6, 6.07) is 18.1. The van der Waals surface area contributed by atoms with Gasteiger partial charge in [0.15, 0.2) is 0 Å². The van der Waals surface area contributed by atoms with Crippen LogP contribution in [0.3, 0.4) is 0 Å². The summed E-state index contributed by atoms with van der Waals surface area (Å²) in [4.78, 5) is 9.68. The van der Waals surface area contributed by atoms with Crippen molar-refractivity contribution in [1.82, 2.24) is 0 Å². The summed E-state index contributed by atoms with van der Waals surface area (Å²) in [6.45, 7) is 3.30. The molecule has 0 N–H and O–H groups in total. The standard InChI is InChI=1S/C16H18O6S/c1-13(15-9-5-3-6-10-15)19-21-23(17,18)22-20-14(2)16-11-7-4-8-12-16/h3-14H,1-2H3. The van der Waals surface area contributed by atoms with Crippen LogP contribution in [0.2, 0.25) is 0 Å². The molecule has 0 aliphatic carbocycles. The van der Waals surface area contributed by atoms with Crippen molar-refractivity contribution in [3.05, 3.63) is 71.8 Å². The highest BCUT2D eigenvalue weighted by Crippen LogP contribution is 2.20. The van der Waals surface area contributed by atoms with Crippen LogP contribution in [0.15, 0.2) is 60.7 Å². The predicted octanol–water partition coefficient (Wildman–Crippen LogP) is 3.65. The van der Waals surface area contributed by atoms with E-state index < -0.39 is 22.6 Å². The van der Waals surface area contributed by atoms with Gasteiger partial charge >= 0.3 is 10.4 Å². The fourth-order valence-electron chi connectivity index (χ4n) is 1.78. The summed E-state index contributed by atoms with van der Waals surface area (Å²) in [7, 11) is -4.43. The zero-order valence-electron chi connectivity index (χ0n) is 12.8. The molecule has 0 aliphatic rings. The normalized spacial score (nSPS) is 14.3. The van der Waals surface area contributed by atoms with E-state index in [2.05, 4.69) is 8.67 Å². The lowest BCUT2D eigenvalue weighted by molar-refractivity contribution is -0.291. The van der Waals surface area contributed by atoms with Gasteiger partial charge in [0.05, 0.1) is 0 Å². The lowest BCUT2D eigenvalue weighted by Gasteiger charge is -2.13. The molecular formula is C16H18O6S. The average molecular weight is 338 g/mol. The summed E-state index contributed by atoms with van der Waals surface area (Å²) in [5.41, 5.74) is 1.53. The van der Waals surface area contributed by atoms with Gasteiger partial charge in [0, 0.05) is 0 Å². The van der Waals surface area contributed by atoms with Crippen LogP contribution >= 0.6 is 0 Å². The highest BCUT2D eigenvalue weighted by Gasteiger charge is 2.20. The second-order valence-electron chi connectivity index (χ2n) is 4.84. The second kappa shape index (κ2) is 8.19. The molecule has 0 bridgehead atoms. The Bertz CT molecular complexity index is 632. The summed E-state index contributed by atoms with van der Waals surface area (Å²) in [5.74, 6) is 0. The minimum atomic E-state index is -4.43. The first-order valence-corrected chi connectivity index (χ1v) is 8.36. The molecule has 2 rings (SSSR count). The molecule has 0 aliphatic heterocycles. The minimum Gasteiger partial charge on any atom is -0.210 e. The molecule has 2 aromatic rings. The Morgan fingerprint density at radius 2 is 1.04 bits per heavy atom. The summed E-state index contributed by atoms with van der Waals surface area (Å²) >= 11 is 0. The zero-order valence-corrected chi connectivity index (χ0v) is 13.6. The molecule has 2 unspecified atom stereocenters. The van der Waals surface area contributed by atoms with Crippen LogP contribution in [0.1, 0.15) is 37.2 Å². The van der Waals surface area contributed by atoms with Crippen molar-refractivity contribution in [2.75, 3.05) is 0 Å². The van der Waals surface area contributed by atoms with Crippen molar-refractivity contribution in [2.45, 2.75) is 26.1 Å². The van der Waals surface area contributed by atoms with Crippen LogP contribution < -0.4 is 0 Å².